The van der Waals surface area contributed by atoms with Crippen LogP contribution in [0.25, 0.3) is 11.5 Å². The van der Waals surface area contributed by atoms with Crippen LogP contribution in [0, 0.1) is 18.3 Å². The minimum atomic E-state index is -0.263. The summed E-state index contributed by atoms with van der Waals surface area (Å²) in [5.74, 6) is 1.42. The summed E-state index contributed by atoms with van der Waals surface area (Å²) >= 11 is 0. The van der Waals surface area contributed by atoms with E-state index in [9.17, 15) is 4.79 Å². The molecule has 1 atom stereocenters. The molecule has 1 aliphatic heterocycles. The molecule has 1 aromatic heterocycles. The number of nitrogens with zero attached hydrogens (tertiary/aromatic N) is 3. The molecule has 1 aliphatic rings. The highest BCUT2D eigenvalue weighted by atomic mass is 16.4. The van der Waals surface area contributed by atoms with Gasteiger partial charge in [0, 0.05) is 25.1 Å². The Hall–Kier alpha value is -2.65. The number of nitriles is 1. The molecule has 1 N–H and O–H groups in total. The predicted molar refractivity (Wildman–Crippen MR) is 93.6 cm³/mol. The first kappa shape index (κ1) is 17.2. The van der Waals surface area contributed by atoms with Crippen LogP contribution in [0.15, 0.2) is 34.7 Å². The zero-order valence-electron chi connectivity index (χ0n) is 14.4. The second-order valence-electron chi connectivity index (χ2n) is 6.19. The summed E-state index contributed by atoms with van der Waals surface area (Å²) in [4.78, 5) is 18.4. The predicted octanol–water partition coefficient (Wildman–Crippen LogP) is 2.30. The quantitative estimate of drug-likeness (QED) is 0.817. The molecule has 6 nitrogen and oxygen atoms in total. The minimum absolute atomic E-state index is 0.00843. The van der Waals surface area contributed by atoms with Crippen molar-refractivity contribution in [1.82, 2.24) is 15.2 Å². The number of carbonyl (C=O) groups excluding carboxylic acids is 1. The summed E-state index contributed by atoms with van der Waals surface area (Å²) in [6.45, 7) is 3.47. The molecule has 1 saturated heterocycles. The number of hydrogen-bond donors (Lipinski definition) is 1. The van der Waals surface area contributed by atoms with Gasteiger partial charge < -0.3 is 14.6 Å². The molecule has 2 heterocycles. The summed E-state index contributed by atoms with van der Waals surface area (Å²) in [6, 6.07) is 11.7. The third-order valence-corrected chi connectivity index (χ3v) is 4.45. The van der Waals surface area contributed by atoms with Crippen molar-refractivity contribution in [3.63, 3.8) is 0 Å². The standard InChI is InChI=1S/C19H22N4O2/c1-14-17(22-19(25-14)15-6-3-2-4-7-15)9-10-21-13-18(24)23-11-5-8-16(23)12-20/h2-4,6-7,16,21H,5,8-11,13H2,1H3. The minimum Gasteiger partial charge on any atom is -0.441 e. The van der Waals surface area contributed by atoms with Crippen molar-refractivity contribution in [1.29, 1.82) is 5.26 Å². The number of hydrogen-bond acceptors (Lipinski definition) is 5. The fourth-order valence-corrected chi connectivity index (χ4v) is 3.07. The van der Waals surface area contributed by atoms with Crippen LogP contribution in [0.2, 0.25) is 0 Å². The second-order valence-corrected chi connectivity index (χ2v) is 6.19. The molecule has 1 amide bonds. The van der Waals surface area contributed by atoms with Crippen LogP contribution < -0.4 is 5.32 Å². The van der Waals surface area contributed by atoms with Gasteiger partial charge in [0.1, 0.15) is 11.8 Å². The molecule has 1 unspecified atom stereocenters. The molecule has 1 fully saturated rings. The Balaban J connectivity index is 1.49. The number of oxazole rings is 1. The van der Waals surface area contributed by atoms with Gasteiger partial charge in [0.15, 0.2) is 0 Å². The van der Waals surface area contributed by atoms with Crippen molar-refractivity contribution in [3.05, 3.63) is 41.8 Å². The molecule has 6 heteroatoms. The van der Waals surface area contributed by atoms with Crippen molar-refractivity contribution >= 4 is 5.91 Å². The van der Waals surface area contributed by atoms with Gasteiger partial charge in [-0.2, -0.15) is 5.26 Å². The lowest BCUT2D eigenvalue weighted by Gasteiger charge is -2.19. The third-order valence-electron chi connectivity index (χ3n) is 4.45. The number of likely N-dealkylation sites (tertiary alicyclic amines) is 1. The summed E-state index contributed by atoms with van der Waals surface area (Å²) in [6.07, 6.45) is 2.38. The molecular formula is C19H22N4O2. The smallest absolute Gasteiger partial charge is 0.237 e. The van der Waals surface area contributed by atoms with Crippen molar-refractivity contribution in [3.8, 4) is 17.5 Å². The molecule has 0 radical (unpaired) electrons. The lowest BCUT2D eigenvalue weighted by atomic mass is 10.2. The van der Waals surface area contributed by atoms with Gasteiger partial charge in [-0.25, -0.2) is 4.98 Å². The highest BCUT2D eigenvalue weighted by Crippen LogP contribution is 2.21. The van der Waals surface area contributed by atoms with Gasteiger partial charge >= 0.3 is 0 Å². The van der Waals surface area contributed by atoms with E-state index in [-0.39, 0.29) is 18.5 Å². The van der Waals surface area contributed by atoms with Crippen molar-refractivity contribution < 1.29 is 9.21 Å². The van der Waals surface area contributed by atoms with E-state index in [0.29, 0.717) is 25.4 Å². The third kappa shape index (κ3) is 4.06. The van der Waals surface area contributed by atoms with Gasteiger partial charge in [-0.15, -0.1) is 0 Å². The van der Waals surface area contributed by atoms with Crippen LogP contribution in [-0.4, -0.2) is 41.5 Å². The first-order chi connectivity index (χ1) is 12.2. The topological polar surface area (TPSA) is 82.2 Å². The molecule has 0 saturated carbocycles. The summed E-state index contributed by atoms with van der Waals surface area (Å²) < 4.78 is 5.74. The second kappa shape index (κ2) is 7.95. The first-order valence-electron chi connectivity index (χ1n) is 8.60. The van der Waals surface area contributed by atoms with Crippen LogP contribution in [0.5, 0.6) is 0 Å². The Labute approximate surface area is 147 Å². The fourth-order valence-electron chi connectivity index (χ4n) is 3.07. The molecule has 3 rings (SSSR count). The van der Waals surface area contributed by atoms with Gasteiger partial charge in [0.05, 0.1) is 18.3 Å². The van der Waals surface area contributed by atoms with Crippen LogP contribution in [-0.2, 0) is 11.2 Å². The van der Waals surface area contributed by atoms with Crippen LogP contribution in [0.1, 0.15) is 24.3 Å². The number of nitrogens with one attached hydrogen (secondary N) is 1. The molecular weight excluding hydrogens is 316 g/mol. The number of carbonyl (C=O) groups is 1. The largest absolute Gasteiger partial charge is 0.441 e. The van der Waals surface area contributed by atoms with Gasteiger partial charge in [0.2, 0.25) is 11.8 Å². The summed E-state index contributed by atoms with van der Waals surface area (Å²) in [7, 11) is 0. The van der Waals surface area contributed by atoms with E-state index in [4.69, 9.17) is 9.68 Å². The molecule has 1 aromatic carbocycles. The highest BCUT2D eigenvalue weighted by Gasteiger charge is 2.27. The van der Waals surface area contributed by atoms with E-state index in [0.717, 1.165) is 29.9 Å². The zero-order valence-corrected chi connectivity index (χ0v) is 14.4. The Morgan fingerprint density at radius 1 is 1.44 bits per heavy atom. The highest BCUT2D eigenvalue weighted by molar-refractivity contribution is 5.79. The number of rotatable bonds is 6. The molecule has 25 heavy (non-hydrogen) atoms. The van der Waals surface area contributed by atoms with Gasteiger partial charge in [-0.05, 0) is 31.9 Å². The summed E-state index contributed by atoms with van der Waals surface area (Å²) in [5.41, 5.74) is 1.85. The van der Waals surface area contributed by atoms with Crippen molar-refractivity contribution in [2.24, 2.45) is 0 Å². The summed E-state index contributed by atoms with van der Waals surface area (Å²) in [5, 5.41) is 12.2. The molecule has 2 aromatic rings. The average molecular weight is 338 g/mol. The SMILES string of the molecule is Cc1oc(-c2ccccc2)nc1CCNCC(=O)N1CCCC1C#N. The number of aromatic nitrogens is 1. The Bertz CT molecular complexity index is 763. The van der Waals surface area contributed by atoms with Gasteiger partial charge in [-0.1, -0.05) is 18.2 Å². The zero-order chi connectivity index (χ0) is 17.6. The van der Waals surface area contributed by atoms with Crippen LogP contribution >= 0.6 is 0 Å². The Morgan fingerprint density at radius 2 is 2.24 bits per heavy atom. The lowest BCUT2D eigenvalue weighted by Crippen LogP contribution is -2.41. The maximum atomic E-state index is 12.2. The van der Waals surface area contributed by atoms with E-state index in [1.54, 1.807) is 4.90 Å². The fraction of sp³-hybridized carbons (Fsp3) is 0.421. The Morgan fingerprint density at radius 3 is 3.00 bits per heavy atom. The van der Waals surface area contributed by atoms with Gasteiger partial charge in [0.25, 0.3) is 0 Å². The van der Waals surface area contributed by atoms with E-state index in [1.165, 1.54) is 0 Å². The van der Waals surface area contributed by atoms with Crippen LogP contribution in [0.3, 0.4) is 0 Å². The van der Waals surface area contributed by atoms with Gasteiger partial charge in [-0.3, -0.25) is 4.79 Å². The van der Waals surface area contributed by atoms with E-state index in [2.05, 4.69) is 16.4 Å². The normalized spacial score (nSPS) is 16.8. The number of amides is 1. The number of benzene rings is 1. The van der Waals surface area contributed by atoms with Crippen molar-refractivity contribution in [2.75, 3.05) is 19.6 Å². The first-order valence-corrected chi connectivity index (χ1v) is 8.60. The average Bonchev–Trinajstić information content (AvgIpc) is 3.26. The van der Waals surface area contributed by atoms with Crippen molar-refractivity contribution in [2.45, 2.75) is 32.2 Å². The van der Waals surface area contributed by atoms with E-state index in [1.807, 2.05) is 37.3 Å². The maximum Gasteiger partial charge on any atom is 0.237 e. The van der Waals surface area contributed by atoms with E-state index >= 15 is 0 Å². The molecule has 130 valence electrons. The van der Waals surface area contributed by atoms with Crippen LogP contribution in [0.4, 0.5) is 0 Å². The number of aryl methyl sites for hydroxylation is 1. The lowest BCUT2D eigenvalue weighted by molar-refractivity contribution is -0.130. The molecule has 0 spiro atoms. The Kier molecular flexibility index (Phi) is 5.46. The monoisotopic (exact) mass is 338 g/mol. The molecule has 0 aliphatic carbocycles. The maximum absolute atomic E-state index is 12.2. The molecule has 0 bridgehead atoms. The van der Waals surface area contributed by atoms with E-state index < -0.39 is 0 Å².